The fourth-order valence-electron chi connectivity index (χ4n) is 4.40. The van der Waals surface area contributed by atoms with E-state index in [1.54, 1.807) is 32.2 Å². The highest BCUT2D eigenvalue weighted by molar-refractivity contribution is 7.92. The summed E-state index contributed by atoms with van der Waals surface area (Å²) in [5.41, 5.74) is 3.66. The summed E-state index contributed by atoms with van der Waals surface area (Å²) in [5, 5.41) is 2.85. The second kappa shape index (κ2) is 13.3. The van der Waals surface area contributed by atoms with Gasteiger partial charge in [0.15, 0.2) is 0 Å². The molecule has 0 aliphatic carbocycles. The molecule has 0 bridgehead atoms. The Morgan fingerprint density at radius 2 is 1.64 bits per heavy atom. The van der Waals surface area contributed by atoms with Crippen LogP contribution in [0.1, 0.15) is 29.2 Å². The van der Waals surface area contributed by atoms with Crippen LogP contribution in [0.5, 0.6) is 5.75 Å². The number of sulfonamides is 1. The zero-order valence-electron chi connectivity index (χ0n) is 23.2. The third kappa shape index (κ3) is 8.07. The fraction of sp³-hybridized carbons (Fsp3) is 0.333. The molecule has 0 radical (unpaired) electrons. The lowest BCUT2D eigenvalue weighted by molar-refractivity contribution is -0.140. The van der Waals surface area contributed by atoms with Crippen LogP contribution < -0.4 is 14.4 Å². The second-order valence-electron chi connectivity index (χ2n) is 9.53. The van der Waals surface area contributed by atoms with E-state index in [4.69, 9.17) is 4.74 Å². The molecule has 0 aromatic heterocycles. The Bertz CT molecular complexity index is 1390. The Kier molecular flexibility index (Phi) is 10.1. The number of nitrogens with one attached hydrogen (secondary N) is 1. The number of aryl methyl sites for hydroxylation is 2. The monoisotopic (exact) mass is 551 g/mol. The molecule has 0 spiro atoms. The Hall–Kier alpha value is -3.85. The van der Waals surface area contributed by atoms with Gasteiger partial charge in [0.25, 0.3) is 0 Å². The number of anilines is 1. The molecule has 8 nitrogen and oxygen atoms in total. The lowest BCUT2D eigenvalue weighted by Gasteiger charge is -2.33. The van der Waals surface area contributed by atoms with Gasteiger partial charge < -0.3 is 15.0 Å². The van der Waals surface area contributed by atoms with E-state index in [0.717, 1.165) is 32.8 Å². The molecule has 0 saturated carbocycles. The molecule has 1 atom stereocenters. The molecule has 0 heterocycles. The first kappa shape index (κ1) is 29.7. The summed E-state index contributed by atoms with van der Waals surface area (Å²) in [6, 6.07) is 21.3. The van der Waals surface area contributed by atoms with Crippen LogP contribution in [0, 0.1) is 13.8 Å². The molecule has 3 aromatic rings. The summed E-state index contributed by atoms with van der Waals surface area (Å²) in [6.45, 7) is 5.53. The maximum atomic E-state index is 14.1. The Morgan fingerprint density at radius 1 is 0.949 bits per heavy atom. The highest BCUT2D eigenvalue weighted by Gasteiger charge is 2.33. The third-order valence-corrected chi connectivity index (χ3v) is 7.55. The molecule has 9 heteroatoms. The number of hydrogen-bond acceptors (Lipinski definition) is 5. The highest BCUT2D eigenvalue weighted by Crippen LogP contribution is 2.25. The molecule has 0 fully saturated rings. The second-order valence-corrected chi connectivity index (χ2v) is 11.4. The lowest BCUT2D eigenvalue weighted by atomic mass is 10.0. The van der Waals surface area contributed by atoms with Crippen molar-refractivity contribution in [3.8, 4) is 5.75 Å². The Balaban J connectivity index is 2.08. The topological polar surface area (TPSA) is 96.0 Å². The van der Waals surface area contributed by atoms with Gasteiger partial charge in [-0.15, -0.1) is 0 Å². The van der Waals surface area contributed by atoms with E-state index in [1.165, 1.54) is 4.90 Å². The summed E-state index contributed by atoms with van der Waals surface area (Å²) in [7, 11) is -2.26. The van der Waals surface area contributed by atoms with Crippen molar-refractivity contribution in [2.75, 3.05) is 30.8 Å². The first-order valence-electron chi connectivity index (χ1n) is 12.8. The van der Waals surface area contributed by atoms with Crippen molar-refractivity contribution in [1.29, 1.82) is 0 Å². The number of methoxy groups -OCH3 is 1. The van der Waals surface area contributed by atoms with Gasteiger partial charge in [-0.1, -0.05) is 54.6 Å². The number of ether oxygens (including phenoxy) is 1. The minimum atomic E-state index is -3.82. The standard InChI is InChI=1S/C30H37N3O5S/c1-6-31-30(35)28(19-24-11-8-7-9-12-24)32(20-25-13-10-14-26(18-25)38-4)29(34)21-33(39(5,36)37)27-17-22(2)15-16-23(27)3/h7-18,28H,6,19-21H2,1-5H3,(H,31,35)/t28-/m1/s1. The molecular formula is C30H37N3O5S. The summed E-state index contributed by atoms with van der Waals surface area (Å²) in [6.07, 6.45) is 1.35. The molecule has 3 aromatic carbocycles. The van der Waals surface area contributed by atoms with E-state index in [0.29, 0.717) is 18.0 Å². The number of rotatable bonds is 12. The van der Waals surface area contributed by atoms with Gasteiger partial charge in [0.2, 0.25) is 21.8 Å². The number of likely N-dealkylation sites (N-methyl/N-ethyl adjacent to an activating group) is 1. The van der Waals surface area contributed by atoms with Gasteiger partial charge >= 0.3 is 0 Å². The first-order chi connectivity index (χ1) is 18.5. The van der Waals surface area contributed by atoms with E-state index in [1.807, 2.05) is 68.4 Å². The van der Waals surface area contributed by atoms with Gasteiger partial charge in [0.1, 0.15) is 18.3 Å². The van der Waals surface area contributed by atoms with Gasteiger partial charge in [-0.25, -0.2) is 8.42 Å². The summed E-state index contributed by atoms with van der Waals surface area (Å²) >= 11 is 0. The molecule has 3 rings (SSSR count). The highest BCUT2D eigenvalue weighted by atomic mass is 32.2. The smallest absolute Gasteiger partial charge is 0.244 e. The maximum Gasteiger partial charge on any atom is 0.244 e. The molecule has 39 heavy (non-hydrogen) atoms. The van der Waals surface area contributed by atoms with Crippen LogP contribution in [0.25, 0.3) is 0 Å². The average Bonchev–Trinajstić information content (AvgIpc) is 2.90. The van der Waals surface area contributed by atoms with Gasteiger partial charge in [0, 0.05) is 19.5 Å². The minimum absolute atomic E-state index is 0.0923. The number of benzene rings is 3. The van der Waals surface area contributed by atoms with Crippen molar-refractivity contribution >= 4 is 27.5 Å². The first-order valence-corrected chi connectivity index (χ1v) is 14.7. The van der Waals surface area contributed by atoms with Gasteiger partial charge in [-0.2, -0.15) is 0 Å². The van der Waals surface area contributed by atoms with Gasteiger partial charge in [0.05, 0.1) is 19.1 Å². The van der Waals surface area contributed by atoms with Crippen LogP contribution in [0.2, 0.25) is 0 Å². The van der Waals surface area contributed by atoms with E-state index < -0.39 is 28.5 Å². The molecular weight excluding hydrogens is 514 g/mol. The average molecular weight is 552 g/mol. The molecule has 0 aliphatic heterocycles. The maximum absolute atomic E-state index is 14.1. The van der Waals surface area contributed by atoms with Crippen LogP contribution in [0.4, 0.5) is 5.69 Å². The minimum Gasteiger partial charge on any atom is -0.497 e. The third-order valence-electron chi connectivity index (χ3n) is 6.42. The predicted octanol–water partition coefficient (Wildman–Crippen LogP) is 3.85. The number of carbonyl (C=O) groups is 2. The van der Waals surface area contributed by atoms with E-state index >= 15 is 0 Å². The SMILES string of the molecule is CCNC(=O)[C@@H](Cc1ccccc1)N(Cc1cccc(OC)c1)C(=O)CN(c1cc(C)ccc1C)S(C)(=O)=O. The Morgan fingerprint density at radius 3 is 2.28 bits per heavy atom. The molecule has 0 unspecified atom stereocenters. The summed E-state index contributed by atoms with van der Waals surface area (Å²) in [4.78, 5) is 28.9. The van der Waals surface area contributed by atoms with Gasteiger partial charge in [-0.3, -0.25) is 13.9 Å². The molecule has 2 amide bonds. The van der Waals surface area contributed by atoms with Crippen LogP contribution >= 0.6 is 0 Å². The molecule has 1 N–H and O–H groups in total. The number of nitrogens with zero attached hydrogens (tertiary/aromatic N) is 2. The van der Waals surface area contributed by atoms with Crippen LogP contribution in [0.15, 0.2) is 72.8 Å². The predicted molar refractivity (Wildman–Crippen MR) is 154 cm³/mol. The number of amides is 2. The van der Waals surface area contributed by atoms with E-state index in [-0.39, 0.29) is 18.9 Å². The van der Waals surface area contributed by atoms with Crippen LogP contribution in [-0.2, 0) is 32.6 Å². The normalized spacial score (nSPS) is 11.9. The van der Waals surface area contributed by atoms with Crippen molar-refractivity contribution in [3.05, 3.63) is 95.1 Å². The molecule has 0 saturated heterocycles. The quantitative estimate of drug-likeness (QED) is 0.369. The van der Waals surface area contributed by atoms with Crippen molar-refractivity contribution in [1.82, 2.24) is 10.2 Å². The van der Waals surface area contributed by atoms with Crippen molar-refractivity contribution in [2.24, 2.45) is 0 Å². The molecule has 208 valence electrons. The lowest BCUT2D eigenvalue weighted by Crippen LogP contribution is -2.53. The van der Waals surface area contributed by atoms with E-state index in [2.05, 4.69) is 5.32 Å². The number of hydrogen-bond donors (Lipinski definition) is 1. The largest absolute Gasteiger partial charge is 0.497 e. The van der Waals surface area contributed by atoms with Crippen molar-refractivity contribution < 1.29 is 22.7 Å². The van der Waals surface area contributed by atoms with Gasteiger partial charge in [-0.05, 0) is 61.2 Å². The zero-order valence-corrected chi connectivity index (χ0v) is 24.0. The Labute approximate surface area is 231 Å². The van der Waals surface area contributed by atoms with Crippen LogP contribution in [-0.4, -0.2) is 57.6 Å². The number of carbonyl (C=O) groups excluding carboxylic acids is 2. The van der Waals surface area contributed by atoms with Crippen LogP contribution in [0.3, 0.4) is 0 Å². The van der Waals surface area contributed by atoms with E-state index in [9.17, 15) is 18.0 Å². The zero-order chi connectivity index (χ0) is 28.6. The summed E-state index contributed by atoms with van der Waals surface area (Å²) < 4.78 is 32.4. The summed E-state index contributed by atoms with van der Waals surface area (Å²) in [5.74, 6) is -0.183. The van der Waals surface area contributed by atoms with Crippen molar-refractivity contribution in [2.45, 2.75) is 39.8 Å². The molecule has 0 aliphatic rings. The van der Waals surface area contributed by atoms with Crippen molar-refractivity contribution in [3.63, 3.8) is 0 Å². The fourth-order valence-corrected chi connectivity index (χ4v) is 5.30.